The second-order valence-electron chi connectivity index (χ2n) is 6.19. The van der Waals surface area contributed by atoms with E-state index < -0.39 is 0 Å². The highest BCUT2D eigenvalue weighted by Gasteiger charge is 2.22. The van der Waals surface area contributed by atoms with E-state index in [-0.39, 0.29) is 29.5 Å². The minimum Gasteiger partial charge on any atom is -0.422 e. The Hall–Kier alpha value is -1.88. The number of esters is 2. The molecule has 0 heterocycles. The van der Waals surface area contributed by atoms with Crippen molar-refractivity contribution in [2.75, 3.05) is 6.54 Å². The van der Waals surface area contributed by atoms with E-state index in [1.807, 2.05) is 33.8 Å². The van der Waals surface area contributed by atoms with Crippen LogP contribution >= 0.6 is 0 Å². The number of rotatable bonds is 10. The predicted molar refractivity (Wildman–Crippen MR) is 98.6 cm³/mol. The lowest BCUT2D eigenvalue weighted by molar-refractivity contribution is -0.142. The van der Waals surface area contributed by atoms with Crippen molar-refractivity contribution in [1.29, 1.82) is 0 Å². The molecule has 1 aromatic rings. The Morgan fingerprint density at radius 1 is 0.880 bits per heavy atom. The predicted octanol–water partition coefficient (Wildman–Crippen LogP) is 3.87. The number of ether oxygens (including phenoxy) is 2. The first kappa shape index (κ1) is 21.2. The molecule has 0 amide bonds. The zero-order valence-electron chi connectivity index (χ0n) is 15.8. The van der Waals surface area contributed by atoms with Crippen LogP contribution in [-0.4, -0.2) is 18.5 Å². The normalized spacial score (nSPS) is 11.0. The number of hydrogen-bond donors (Lipinski definition) is 1. The molecule has 0 aliphatic carbocycles. The Balaban J connectivity index is 3.06. The quantitative estimate of drug-likeness (QED) is 0.512. The van der Waals surface area contributed by atoms with Gasteiger partial charge in [-0.25, -0.2) is 0 Å². The lowest BCUT2D eigenvalue weighted by Crippen LogP contribution is -2.22. The van der Waals surface area contributed by atoms with E-state index in [1.54, 1.807) is 12.1 Å². The molecular weight excluding hydrogens is 318 g/mol. The van der Waals surface area contributed by atoms with Crippen molar-refractivity contribution in [3.05, 3.63) is 23.8 Å². The van der Waals surface area contributed by atoms with E-state index in [0.717, 1.165) is 5.56 Å². The Morgan fingerprint density at radius 2 is 1.36 bits per heavy atom. The molecule has 0 atom stereocenters. The molecule has 140 valence electrons. The highest BCUT2D eigenvalue weighted by Crippen LogP contribution is 2.31. The number of carbonyl (C=O) groups excluding carboxylic acids is 2. The van der Waals surface area contributed by atoms with Gasteiger partial charge in [-0.15, -0.1) is 0 Å². The van der Waals surface area contributed by atoms with Gasteiger partial charge < -0.3 is 15.2 Å². The summed E-state index contributed by atoms with van der Waals surface area (Å²) < 4.78 is 11.1. The summed E-state index contributed by atoms with van der Waals surface area (Å²) in [6.45, 7) is 8.30. The van der Waals surface area contributed by atoms with Crippen LogP contribution < -0.4 is 15.2 Å². The lowest BCUT2D eigenvalue weighted by Gasteiger charge is -2.17. The van der Waals surface area contributed by atoms with Crippen LogP contribution in [0.15, 0.2) is 18.2 Å². The van der Waals surface area contributed by atoms with E-state index in [2.05, 4.69) is 0 Å². The van der Waals surface area contributed by atoms with Gasteiger partial charge in [0.05, 0.1) is 11.8 Å². The molecule has 0 aromatic heterocycles. The average molecular weight is 349 g/mol. The summed E-state index contributed by atoms with van der Waals surface area (Å²) in [5.41, 5.74) is 6.55. The smallest absolute Gasteiger partial charge is 0.314 e. The average Bonchev–Trinajstić information content (AvgIpc) is 2.59. The maximum absolute atomic E-state index is 12.3. The summed E-state index contributed by atoms with van der Waals surface area (Å²) in [6.07, 6.45) is 3.50. The first-order chi connectivity index (χ1) is 12.0. The summed E-state index contributed by atoms with van der Waals surface area (Å²) in [6, 6.07) is 5.26. The maximum atomic E-state index is 12.3. The van der Waals surface area contributed by atoms with Crippen LogP contribution in [0.2, 0.25) is 0 Å². The Bertz CT molecular complexity index is 563. The molecule has 0 spiro atoms. The topological polar surface area (TPSA) is 78.6 Å². The van der Waals surface area contributed by atoms with E-state index in [0.29, 0.717) is 44.4 Å². The van der Waals surface area contributed by atoms with Crippen molar-refractivity contribution in [3.63, 3.8) is 0 Å². The van der Waals surface area contributed by atoms with Crippen molar-refractivity contribution >= 4 is 11.9 Å². The molecule has 2 N–H and O–H groups in total. The van der Waals surface area contributed by atoms with Crippen molar-refractivity contribution in [1.82, 2.24) is 0 Å². The fraction of sp³-hybridized carbons (Fsp3) is 0.600. The Morgan fingerprint density at radius 3 is 1.80 bits per heavy atom. The lowest BCUT2D eigenvalue weighted by atomic mass is 10.0. The molecule has 25 heavy (non-hydrogen) atoms. The number of benzene rings is 1. The van der Waals surface area contributed by atoms with Crippen LogP contribution in [0.5, 0.6) is 11.5 Å². The third kappa shape index (κ3) is 6.16. The molecule has 1 rings (SSSR count). The van der Waals surface area contributed by atoms with Crippen molar-refractivity contribution in [3.8, 4) is 11.5 Å². The van der Waals surface area contributed by atoms with Gasteiger partial charge in [0.1, 0.15) is 0 Å². The van der Waals surface area contributed by atoms with Gasteiger partial charge in [0.15, 0.2) is 11.5 Å². The number of hydrogen-bond acceptors (Lipinski definition) is 5. The van der Waals surface area contributed by atoms with Gasteiger partial charge in [-0.1, -0.05) is 33.8 Å². The van der Waals surface area contributed by atoms with Gasteiger partial charge in [-0.05, 0) is 56.3 Å². The van der Waals surface area contributed by atoms with E-state index in [1.165, 1.54) is 0 Å². The van der Waals surface area contributed by atoms with Crippen molar-refractivity contribution < 1.29 is 19.1 Å². The van der Waals surface area contributed by atoms with E-state index in [4.69, 9.17) is 15.2 Å². The van der Waals surface area contributed by atoms with E-state index >= 15 is 0 Å². The Kier molecular flexibility index (Phi) is 9.21. The first-order valence-electron chi connectivity index (χ1n) is 9.26. The van der Waals surface area contributed by atoms with Gasteiger partial charge in [-0.3, -0.25) is 9.59 Å². The molecule has 0 aliphatic rings. The molecule has 0 radical (unpaired) electrons. The largest absolute Gasteiger partial charge is 0.422 e. The van der Waals surface area contributed by atoms with Gasteiger partial charge in [0.25, 0.3) is 0 Å². The molecule has 5 nitrogen and oxygen atoms in total. The SMILES string of the molecule is CCC(CC)C(=O)Oc1ccc(CCN)cc1OC(=O)C(CC)CC. The zero-order chi connectivity index (χ0) is 18.8. The summed E-state index contributed by atoms with van der Waals surface area (Å²) in [5.74, 6) is -0.336. The van der Waals surface area contributed by atoms with Crippen LogP contribution in [0.4, 0.5) is 0 Å². The summed E-state index contributed by atoms with van der Waals surface area (Å²) in [7, 11) is 0. The molecule has 0 fully saturated rings. The van der Waals surface area contributed by atoms with Crippen LogP contribution in [-0.2, 0) is 16.0 Å². The van der Waals surface area contributed by atoms with Crippen molar-refractivity contribution in [2.45, 2.75) is 59.8 Å². The monoisotopic (exact) mass is 349 g/mol. The molecule has 0 saturated carbocycles. The van der Waals surface area contributed by atoms with Gasteiger partial charge in [0, 0.05) is 0 Å². The minimum atomic E-state index is -0.297. The third-order valence-corrected chi connectivity index (χ3v) is 4.50. The molecular formula is C20H31NO4. The molecule has 0 unspecified atom stereocenters. The summed E-state index contributed by atoms with van der Waals surface area (Å²) in [5, 5.41) is 0. The molecule has 1 aromatic carbocycles. The van der Waals surface area contributed by atoms with Gasteiger partial charge >= 0.3 is 11.9 Å². The van der Waals surface area contributed by atoms with Crippen LogP contribution in [0, 0.1) is 11.8 Å². The fourth-order valence-electron chi connectivity index (χ4n) is 2.67. The second kappa shape index (κ2) is 10.9. The van der Waals surface area contributed by atoms with Gasteiger partial charge in [-0.2, -0.15) is 0 Å². The summed E-state index contributed by atoms with van der Waals surface area (Å²) in [4.78, 5) is 24.6. The molecule has 0 saturated heterocycles. The number of carbonyl (C=O) groups is 2. The third-order valence-electron chi connectivity index (χ3n) is 4.50. The van der Waals surface area contributed by atoms with Crippen LogP contribution in [0.3, 0.4) is 0 Å². The summed E-state index contributed by atoms with van der Waals surface area (Å²) >= 11 is 0. The fourth-order valence-corrected chi connectivity index (χ4v) is 2.67. The second-order valence-corrected chi connectivity index (χ2v) is 6.19. The standard InChI is InChI=1S/C20H31NO4/c1-5-15(6-2)19(22)24-17-10-9-14(11-12-21)13-18(17)25-20(23)16(7-3)8-4/h9-10,13,15-16H,5-8,11-12,21H2,1-4H3. The maximum Gasteiger partial charge on any atom is 0.314 e. The molecule has 0 bridgehead atoms. The van der Waals surface area contributed by atoms with Crippen LogP contribution in [0.1, 0.15) is 58.9 Å². The minimum absolute atomic E-state index is 0.161. The zero-order valence-corrected chi connectivity index (χ0v) is 15.8. The first-order valence-corrected chi connectivity index (χ1v) is 9.26. The molecule has 0 aliphatic heterocycles. The number of nitrogens with two attached hydrogens (primary N) is 1. The Labute approximate surface area is 150 Å². The highest BCUT2D eigenvalue weighted by molar-refractivity contribution is 5.78. The van der Waals surface area contributed by atoms with Gasteiger partial charge in [0.2, 0.25) is 0 Å². The highest BCUT2D eigenvalue weighted by atomic mass is 16.6. The van der Waals surface area contributed by atoms with Crippen LogP contribution in [0.25, 0.3) is 0 Å². The van der Waals surface area contributed by atoms with E-state index in [9.17, 15) is 9.59 Å². The molecule has 5 heteroatoms. The van der Waals surface area contributed by atoms with Crippen molar-refractivity contribution in [2.24, 2.45) is 17.6 Å².